The van der Waals surface area contributed by atoms with Gasteiger partial charge in [0.05, 0.1) is 38.1 Å². The van der Waals surface area contributed by atoms with Crippen molar-refractivity contribution in [3.05, 3.63) is 71.3 Å². The van der Waals surface area contributed by atoms with Crippen molar-refractivity contribution in [2.75, 3.05) is 39.5 Å². The molecule has 0 aliphatic carbocycles. The minimum atomic E-state index is 0.347. The molecule has 0 N–H and O–H groups in total. The summed E-state index contributed by atoms with van der Waals surface area (Å²) in [6.07, 6.45) is 1.17. The Kier molecular flexibility index (Phi) is 6.16. The van der Waals surface area contributed by atoms with Gasteiger partial charge in [-0.3, -0.25) is 9.80 Å². The van der Waals surface area contributed by atoms with Gasteiger partial charge in [0, 0.05) is 38.8 Å². The zero-order valence-electron chi connectivity index (χ0n) is 17.8. The Morgan fingerprint density at radius 2 is 1.23 bits per heavy atom. The summed E-state index contributed by atoms with van der Waals surface area (Å²) in [6.45, 7) is 9.82. The molecule has 3 aliphatic rings. The minimum Gasteiger partial charge on any atom is -0.372 e. The van der Waals surface area contributed by atoms with Crippen LogP contribution in [-0.2, 0) is 27.3 Å². The topological polar surface area (TPSA) is 44.1 Å². The number of rotatable bonds is 12. The van der Waals surface area contributed by atoms with Gasteiger partial charge >= 0.3 is 0 Å². The van der Waals surface area contributed by atoms with Gasteiger partial charge in [0.15, 0.2) is 0 Å². The molecule has 0 amide bonds. The third-order valence-electron chi connectivity index (χ3n) is 6.28. The molecular weight excluding hydrogens is 376 g/mol. The van der Waals surface area contributed by atoms with Crippen molar-refractivity contribution in [2.24, 2.45) is 0 Å². The third-order valence-corrected chi connectivity index (χ3v) is 6.28. The molecule has 160 valence electrons. The summed E-state index contributed by atoms with van der Waals surface area (Å²) in [5.41, 5.74) is 4.16. The van der Waals surface area contributed by atoms with E-state index in [0.29, 0.717) is 24.4 Å². The molecule has 2 aromatic carbocycles. The second-order valence-electron chi connectivity index (χ2n) is 8.84. The molecule has 4 atom stereocenters. The molecule has 0 radical (unpaired) electrons. The van der Waals surface area contributed by atoms with Crippen LogP contribution in [0.25, 0.3) is 0 Å². The van der Waals surface area contributed by atoms with Crippen molar-refractivity contribution in [2.45, 2.75) is 44.4 Å². The van der Waals surface area contributed by atoms with E-state index in [1.807, 2.05) is 0 Å². The first-order chi connectivity index (χ1) is 14.7. The van der Waals surface area contributed by atoms with Crippen LogP contribution in [0.15, 0.2) is 54.6 Å². The first-order valence-corrected chi connectivity index (χ1v) is 11.2. The molecule has 3 fully saturated rings. The SMILES string of the molecule is CC(c1ccccc1)N(Cc1ccccc1CN(CC1CO1)CC1CO1)CC1CO1. The second-order valence-corrected chi connectivity index (χ2v) is 8.84. The lowest BCUT2D eigenvalue weighted by Gasteiger charge is -2.30. The van der Waals surface area contributed by atoms with Gasteiger partial charge in [-0.25, -0.2) is 0 Å². The minimum absolute atomic E-state index is 0.347. The summed E-state index contributed by atoms with van der Waals surface area (Å²) in [4.78, 5) is 5.06. The largest absolute Gasteiger partial charge is 0.372 e. The predicted molar refractivity (Wildman–Crippen MR) is 116 cm³/mol. The Labute approximate surface area is 179 Å². The monoisotopic (exact) mass is 408 g/mol. The summed E-state index contributed by atoms with van der Waals surface area (Å²) < 4.78 is 16.6. The molecule has 4 unspecified atom stereocenters. The van der Waals surface area contributed by atoms with Gasteiger partial charge in [-0.15, -0.1) is 0 Å². The molecule has 5 nitrogen and oxygen atoms in total. The van der Waals surface area contributed by atoms with Crippen LogP contribution in [-0.4, -0.2) is 67.6 Å². The normalized spacial score (nSPS) is 25.5. The van der Waals surface area contributed by atoms with Gasteiger partial charge in [-0.05, 0) is 23.6 Å². The number of nitrogens with zero attached hydrogens (tertiary/aromatic N) is 2. The van der Waals surface area contributed by atoms with E-state index in [2.05, 4.69) is 71.3 Å². The lowest BCUT2D eigenvalue weighted by molar-refractivity contribution is 0.178. The van der Waals surface area contributed by atoms with Crippen molar-refractivity contribution >= 4 is 0 Å². The van der Waals surface area contributed by atoms with E-state index in [4.69, 9.17) is 14.2 Å². The van der Waals surface area contributed by atoms with Crippen molar-refractivity contribution in [1.29, 1.82) is 0 Å². The van der Waals surface area contributed by atoms with Gasteiger partial charge in [-0.2, -0.15) is 0 Å². The molecule has 3 heterocycles. The van der Waals surface area contributed by atoms with Crippen LogP contribution in [0.5, 0.6) is 0 Å². The molecule has 3 aliphatic heterocycles. The molecule has 30 heavy (non-hydrogen) atoms. The second kappa shape index (κ2) is 9.16. The summed E-state index contributed by atoms with van der Waals surface area (Å²) in [7, 11) is 0. The van der Waals surface area contributed by atoms with Crippen LogP contribution < -0.4 is 0 Å². The van der Waals surface area contributed by atoms with Gasteiger partial charge in [0.25, 0.3) is 0 Å². The van der Waals surface area contributed by atoms with Crippen LogP contribution >= 0.6 is 0 Å². The standard InChI is InChI=1S/C25H32N2O3/c1-19(20-7-3-2-4-8-20)27(15-25-18-30-25)12-22-10-6-5-9-21(22)11-26(13-23-16-28-23)14-24-17-29-24/h2-10,19,23-25H,11-18H2,1H3. The van der Waals surface area contributed by atoms with E-state index in [-0.39, 0.29) is 0 Å². The average molecular weight is 409 g/mol. The molecule has 0 bridgehead atoms. The molecule has 0 spiro atoms. The number of epoxide rings is 3. The van der Waals surface area contributed by atoms with Crippen molar-refractivity contribution in [1.82, 2.24) is 9.80 Å². The maximum atomic E-state index is 5.58. The van der Waals surface area contributed by atoms with Crippen LogP contribution in [0, 0.1) is 0 Å². The molecule has 5 rings (SSSR count). The smallest absolute Gasteiger partial charge is 0.0936 e. The van der Waals surface area contributed by atoms with Crippen LogP contribution in [0.3, 0.4) is 0 Å². The fourth-order valence-corrected chi connectivity index (χ4v) is 4.19. The van der Waals surface area contributed by atoms with Gasteiger partial charge < -0.3 is 14.2 Å². The predicted octanol–water partition coefficient (Wildman–Crippen LogP) is 3.25. The Morgan fingerprint density at radius 3 is 1.80 bits per heavy atom. The third kappa shape index (κ3) is 5.68. The highest BCUT2D eigenvalue weighted by Gasteiger charge is 2.32. The number of ether oxygens (including phenoxy) is 3. The summed E-state index contributed by atoms with van der Waals surface area (Å²) in [5.74, 6) is 0. The van der Waals surface area contributed by atoms with Gasteiger partial charge in [-0.1, -0.05) is 54.6 Å². The Morgan fingerprint density at radius 1 is 0.733 bits per heavy atom. The van der Waals surface area contributed by atoms with E-state index in [0.717, 1.165) is 52.5 Å². The lowest BCUT2D eigenvalue weighted by Crippen LogP contribution is -2.33. The van der Waals surface area contributed by atoms with E-state index in [9.17, 15) is 0 Å². The number of hydrogen-bond donors (Lipinski definition) is 0. The molecule has 5 heteroatoms. The summed E-state index contributed by atoms with van der Waals surface area (Å²) in [6, 6.07) is 20.0. The number of benzene rings is 2. The van der Waals surface area contributed by atoms with Crippen LogP contribution in [0.4, 0.5) is 0 Å². The van der Waals surface area contributed by atoms with E-state index >= 15 is 0 Å². The highest BCUT2D eigenvalue weighted by Crippen LogP contribution is 2.27. The van der Waals surface area contributed by atoms with Gasteiger partial charge in [0.1, 0.15) is 0 Å². The zero-order chi connectivity index (χ0) is 20.3. The molecule has 0 aromatic heterocycles. The van der Waals surface area contributed by atoms with E-state index in [1.54, 1.807) is 0 Å². The van der Waals surface area contributed by atoms with Crippen LogP contribution in [0.1, 0.15) is 29.7 Å². The molecule has 3 saturated heterocycles. The molecule has 0 saturated carbocycles. The maximum Gasteiger partial charge on any atom is 0.0936 e. The summed E-state index contributed by atoms with van der Waals surface area (Å²) in [5, 5.41) is 0. The Bertz CT molecular complexity index is 804. The first kappa shape index (κ1) is 20.2. The fraction of sp³-hybridized carbons (Fsp3) is 0.520. The highest BCUT2D eigenvalue weighted by atomic mass is 16.6. The van der Waals surface area contributed by atoms with E-state index in [1.165, 1.54) is 16.7 Å². The Hall–Kier alpha value is -1.76. The Balaban J connectivity index is 1.31. The number of hydrogen-bond acceptors (Lipinski definition) is 5. The van der Waals surface area contributed by atoms with E-state index < -0.39 is 0 Å². The summed E-state index contributed by atoms with van der Waals surface area (Å²) >= 11 is 0. The van der Waals surface area contributed by atoms with Crippen molar-refractivity contribution in [3.8, 4) is 0 Å². The molecule has 2 aromatic rings. The fourth-order valence-electron chi connectivity index (χ4n) is 4.19. The zero-order valence-corrected chi connectivity index (χ0v) is 17.8. The van der Waals surface area contributed by atoms with Crippen molar-refractivity contribution in [3.63, 3.8) is 0 Å². The van der Waals surface area contributed by atoms with Gasteiger partial charge in [0.2, 0.25) is 0 Å². The first-order valence-electron chi connectivity index (χ1n) is 11.2. The average Bonchev–Trinajstić information content (AvgIpc) is 3.60. The molecular formula is C25H32N2O3. The maximum absolute atomic E-state index is 5.58. The highest BCUT2D eigenvalue weighted by molar-refractivity contribution is 5.28. The van der Waals surface area contributed by atoms with Crippen LogP contribution in [0.2, 0.25) is 0 Å². The lowest BCUT2D eigenvalue weighted by atomic mass is 10.0. The van der Waals surface area contributed by atoms with Crippen molar-refractivity contribution < 1.29 is 14.2 Å². The quantitative estimate of drug-likeness (QED) is 0.505.